The van der Waals surface area contributed by atoms with Gasteiger partial charge in [-0.3, -0.25) is 0 Å². The minimum Gasteiger partial charge on any atom is -0.389 e. The van der Waals surface area contributed by atoms with E-state index in [0.29, 0.717) is 29.3 Å². The molecule has 140 valence electrons. The van der Waals surface area contributed by atoms with Gasteiger partial charge in [-0.2, -0.15) is 0 Å². The zero-order valence-corrected chi connectivity index (χ0v) is 16.4. The maximum absolute atomic E-state index is 10.9. The van der Waals surface area contributed by atoms with Gasteiger partial charge >= 0.3 is 0 Å². The fourth-order valence-corrected chi connectivity index (χ4v) is 8.01. The molecular formula is C23H36O2. The Kier molecular flexibility index (Phi) is 4.29. The second kappa shape index (κ2) is 6.00. The SMILES string of the molecule is C#CC[C@@]1(O)CC[C@@]2(C)[C@H](CC[C@@H]3[C@@H]2CC[C@]2(C)[C@@H](OC)CC[C@@H]32)C1. The van der Waals surface area contributed by atoms with Gasteiger partial charge in [0.1, 0.15) is 0 Å². The Labute approximate surface area is 154 Å². The van der Waals surface area contributed by atoms with Gasteiger partial charge in [-0.05, 0) is 92.3 Å². The maximum atomic E-state index is 10.9. The van der Waals surface area contributed by atoms with Crippen LogP contribution in [0.5, 0.6) is 0 Å². The molecule has 2 nitrogen and oxygen atoms in total. The second-order valence-electron chi connectivity index (χ2n) is 10.3. The van der Waals surface area contributed by atoms with Gasteiger partial charge in [0.2, 0.25) is 0 Å². The summed E-state index contributed by atoms with van der Waals surface area (Å²) < 4.78 is 5.90. The van der Waals surface area contributed by atoms with Crippen molar-refractivity contribution in [3.63, 3.8) is 0 Å². The predicted molar refractivity (Wildman–Crippen MR) is 101 cm³/mol. The topological polar surface area (TPSA) is 29.5 Å². The van der Waals surface area contributed by atoms with E-state index in [1.807, 2.05) is 7.11 Å². The van der Waals surface area contributed by atoms with Gasteiger partial charge in [0, 0.05) is 13.5 Å². The number of rotatable bonds is 2. The van der Waals surface area contributed by atoms with E-state index in [1.165, 1.54) is 38.5 Å². The molecule has 0 unspecified atom stereocenters. The van der Waals surface area contributed by atoms with E-state index >= 15 is 0 Å². The number of aliphatic hydroxyl groups is 1. The molecule has 4 rings (SSSR count). The smallest absolute Gasteiger partial charge is 0.0759 e. The fourth-order valence-electron chi connectivity index (χ4n) is 8.01. The van der Waals surface area contributed by atoms with E-state index in [4.69, 9.17) is 11.2 Å². The minimum absolute atomic E-state index is 0.401. The molecule has 0 aliphatic heterocycles. The molecule has 4 fully saturated rings. The van der Waals surface area contributed by atoms with Crippen molar-refractivity contribution >= 4 is 0 Å². The summed E-state index contributed by atoms with van der Waals surface area (Å²) >= 11 is 0. The largest absolute Gasteiger partial charge is 0.389 e. The molecule has 8 atom stereocenters. The Balaban J connectivity index is 1.57. The lowest BCUT2D eigenvalue weighted by atomic mass is 9.44. The van der Waals surface area contributed by atoms with Gasteiger partial charge in [0.15, 0.2) is 0 Å². The van der Waals surface area contributed by atoms with Crippen molar-refractivity contribution in [2.75, 3.05) is 7.11 Å². The lowest BCUT2D eigenvalue weighted by molar-refractivity contribution is -0.155. The van der Waals surface area contributed by atoms with Crippen LogP contribution in [0.15, 0.2) is 0 Å². The molecule has 4 aliphatic rings. The quantitative estimate of drug-likeness (QED) is 0.729. The lowest BCUT2D eigenvalue weighted by Crippen LogP contribution is -2.56. The van der Waals surface area contributed by atoms with Gasteiger partial charge < -0.3 is 9.84 Å². The van der Waals surface area contributed by atoms with Gasteiger partial charge in [0.05, 0.1) is 11.7 Å². The Morgan fingerprint density at radius 2 is 1.76 bits per heavy atom. The van der Waals surface area contributed by atoms with Gasteiger partial charge in [-0.15, -0.1) is 12.3 Å². The summed E-state index contributed by atoms with van der Waals surface area (Å²) in [4.78, 5) is 0. The number of terminal acetylenes is 1. The molecule has 4 saturated carbocycles. The lowest BCUT2D eigenvalue weighted by Gasteiger charge is -2.62. The Morgan fingerprint density at radius 3 is 2.48 bits per heavy atom. The fraction of sp³-hybridized carbons (Fsp3) is 0.913. The zero-order chi connectivity index (χ0) is 17.9. The number of methoxy groups -OCH3 is 1. The minimum atomic E-state index is -0.594. The first-order valence-electron chi connectivity index (χ1n) is 10.5. The highest BCUT2D eigenvalue weighted by Gasteiger charge is 2.61. The molecule has 0 saturated heterocycles. The first kappa shape index (κ1) is 17.9. The highest BCUT2D eigenvalue weighted by atomic mass is 16.5. The normalized spacial score (nSPS) is 54.9. The summed E-state index contributed by atoms with van der Waals surface area (Å²) in [6.07, 6.45) is 17.5. The van der Waals surface area contributed by atoms with Crippen LogP contribution in [0.3, 0.4) is 0 Å². The number of hydrogen-bond donors (Lipinski definition) is 1. The molecular weight excluding hydrogens is 308 g/mol. The van der Waals surface area contributed by atoms with Crippen molar-refractivity contribution in [3.05, 3.63) is 0 Å². The van der Waals surface area contributed by atoms with Crippen LogP contribution in [-0.4, -0.2) is 23.9 Å². The van der Waals surface area contributed by atoms with Crippen molar-refractivity contribution in [2.24, 2.45) is 34.5 Å². The molecule has 2 heteroatoms. The molecule has 0 aromatic heterocycles. The Hall–Kier alpha value is -0.520. The second-order valence-corrected chi connectivity index (χ2v) is 10.3. The maximum Gasteiger partial charge on any atom is 0.0759 e. The number of ether oxygens (including phenoxy) is 1. The van der Waals surface area contributed by atoms with E-state index in [1.54, 1.807) is 0 Å². The number of hydrogen-bond acceptors (Lipinski definition) is 2. The van der Waals surface area contributed by atoms with E-state index in [2.05, 4.69) is 19.8 Å². The first-order chi connectivity index (χ1) is 11.9. The van der Waals surface area contributed by atoms with Gasteiger partial charge in [0.25, 0.3) is 0 Å². The summed E-state index contributed by atoms with van der Waals surface area (Å²) in [6.45, 7) is 5.06. The molecule has 0 amide bonds. The first-order valence-corrected chi connectivity index (χ1v) is 10.5. The van der Waals surface area contributed by atoms with Crippen LogP contribution in [0.25, 0.3) is 0 Å². The van der Waals surface area contributed by atoms with Crippen LogP contribution in [0.4, 0.5) is 0 Å². The summed E-state index contributed by atoms with van der Waals surface area (Å²) in [5, 5.41) is 10.9. The van der Waals surface area contributed by atoms with Crippen molar-refractivity contribution in [3.8, 4) is 12.3 Å². The highest BCUT2D eigenvalue weighted by molar-refractivity contribution is 5.12. The summed E-state index contributed by atoms with van der Waals surface area (Å²) in [5.74, 6) is 5.95. The van der Waals surface area contributed by atoms with Crippen molar-refractivity contribution < 1.29 is 9.84 Å². The summed E-state index contributed by atoms with van der Waals surface area (Å²) in [6, 6.07) is 0. The van der Waals surface area contributed by atoms with E-state index in [9.17, 15) is 5.11 Å². The number of fused-ring (bicyclic) bond motifs is 5. The average molecular weight is 345 g/mol. The Bertz CT molecular complexity index is 565. The standard InChI is InChI=1S/C23H36O2/c1-5-11-23(24)14-13-21(2)16(15-23)6-7-17-18-8-9-20(25-4)22(18,3)12-10-19(17)21/h1,16-20,24H,6-15H2,2-4H3/t16-,17+,18+,19+,20+,21+,22+,23-/m1/s1. The van der Waals surface area contributed by atoms with Crippen LogP contribution >= 0.6 is 0 Å². The molecule has 1 N–H and O–H groups in total. The van der Waals surface area contributed by atoms with Crippen LogP contribution in [0, 0.1) is 46.8 Å². The van der Waals surface area contributed by atoms with Gasteiger partial charge in [-0.1, -0.05) is 13.8 Å². The third kappa shape index (κ3) is 2.53. The van der Waals surface area contributed by atoms with Crippen molar-refractivity contribution in [2.45, 2.75) is 89.8 Å². The van der Waals surface area contributed by atoms with Crippen LogP contribution < -0.4 is 0 Å². The molecule has 0 bridgehead atoms. The molecule has 25 heavy (non-hydrogen) atoms. The monoisotopic (exact) mass is 344 g/mol. The van der Waals surface area contributed by atoms with Gasteiger partial charge in [-0.25, -0.2) is 0 Å². The molecule has 4 aliphatic carbocycles. The average Bonchev–Trinajstić information content (AvgIpc) is 2.92. The van der Waals surface area contributed by atoms with Crippen LogP contribution in [0.1, 0.15) is 78.1 Å². The molecule has 0 aromatic carbocycles. The summed E-state index contributed by atoms with van der Waals surface area (Å²) in [7, 11) is 1.91. The van der Waals surface area contributed by atoms with Crippen LogP contribution in [0.2, 0.25) is 0 Å². The molecule has 0 radical (unpaired) electrons. The molecule has 0 heterocycles. The Morgan fingerprint density at radius 1 is 1.00 bits per heavy atom. The highest BCUT2D eigenvalue weighted by Crippen LogP contribution is 2.67. The van der Waals surface area contributed by atoms with Crippen molar-refractivity contribution in [1.82, 2.24) is 0 Å². The van der Waals surface area contributed by atoms with Crippen LogP contribution in [-0.2, 0) is 4.74 Å². The zero-order valence-electron chi connectivity index (χ0n) is 16.4. The van der Waals surface area contributed by atoms with E-state index < -0.39 is 5.60 Å². The summed E-state index contributed by atoms with van der Waals surface area (Å²) in [5.41, 5.74) is 0.220. The molecule has 0 spiro atoms. The van der Waals surface area contributed by atoms with E-state index in [-0.39, 0.29) is 0 Å². The van der Waals surface area contributed by atoms with E-state index in [0.717, 1.165) is 37.0 Å². The van der Waals surface area contributed by atoms with Crippen molar-refractivity contribution in [1.29, 1.82) is 0 Å². The third-order valence-electron chi connectivity index (χ3n) is 9.45. The predicted octanol–water partition coefficient (Wildman–Crippen LogP) is 4.80. The molecule has 0 aromatic rings. The third-order valence-corrected chi connectivity index (χ3v) is 9.45.